The SMILES string of the molecule is c1cc(-c2ccc3ccccc3c2)cc(N(c2ccc(-c3ccc4oc5ccccc5c4c3)cc2)c2ccccc2-c2cccc3c2oc2cc4ccccc4cc23)c1. The van der Waals surface area contributed by atoms with Gasteiger partial charge in [0.15, 0.2) is 0 Å². The summed E-state index contributed by atoms with van der Waals surface area (Å²) in [6, 6.07) is 75.9. The molecule has 0 fully saturated rings. The van der Waals surface area contributed by atoms with Crippen LogP contribution in [0.1, 0.15) is 0 Å². The lowest BCUT2D eigenvalue weighted by molar-refractivity contribution is 0.669. The normalized spacial score (nSPS) is 11.7. The molecular weight excluding hydrogens is 719 g/mol. The Morgan fingerprint density at radius 3 is 1.78 bits per heavy atom. The maximum Gasteiger partial charge on any atom is 0.143 e. The Morgan fingerprint density at radius 1 is 0.288 bits per heavy atom. The van der Waals surface area contributed by atoms with E-state index in [1.54, 1.807) is 0 Å². The molecule has 10 aromatic carbocycles. The second-order valence-electron chi connectivity index (χ2n) is 15.3. The van der Waals surface area contributed by atoms with E-state index >= 15 is 0 Å². The van der Waals surface area contributed by atoms with Crippen LogP contribution in [0, 0.1) is 0 Å². The highest BCUT2D eigenvalue weighted by Gasteiger charge is 2.21. The van der Waals surface area contributed by atoms with Crippen LogP contribution in [-0.4, -0.2) is 0 Å². The van der Waals surface area contributed by atoms with Crippen molar-refractivity contribution in [1.82, 2.24) is 0 Å². The van der Waals surface area contributed by atoms with Crippen molar-refractivity contribution in [3.8, 4) is 33.4 Å². The number of para-hydroxylation sites is 3. The van der Waals surface area contributed by atoms with Crippen molar-refractivity contribution in [3.05, 3.63) is 212 Å². The molecule has 12 rings (SSSR count). The summed E-state index contributed by atoms with van der Waals surface area (Å²) < 4.78 is 12.9. The molecule has 2 aromatic heterocycles. The average Bonchev–Trinajstić information content (AvgIpc) is 3.86. The van der Waals surface area contributed by atoms with Gasteiger partial charge < -0.3 is 13.7 Å². The highest BCUT2D eigenvalue weighted by Crippen LogP contribution is 2.46. The molecule has 2 heterocycles. The summed E-state index contributed by atoms with van der Waals surface area (Å²) in [4.78, 5) is 2.38. The largest absolute Gasteiger partial charge is 0.456 e. The number of anilines is 3. The van der Waals surface area contributed by atoms with Gasteiger partial charge >= 0.3 is 0 Å². The van der Waals surface area contributed by atoms with E-state index in [1.807, 2.05) is 12.1 Å². The number of hydrogen-bond donors (Lipinski definition) is 0. The van der Waals surface area contributed by atoms with Gasteiger partial charge in [-0.1, -0.05) is 146 Å². The molecule has 276 valence electrons. The molecule has 0 aliphatic rings. The zero-order valence-corrected chi connectivity index (χ0v) is 32.0. The topological polar surface area (TPSA) is 29.5 Å². The minimum atomic E-state index is 0.882. The quantitative estimate of drug-likeness (QED) is 0.169. The molecule has 0 aliphatic carbocycles. The molecule has 3 nitrogen and oxygen atoms in total. The van der Waals surface area contributed by atoms with Gasteiger partial charge in [0.2, 0.25) is 0 Å². The maximum atomic E-state index is 6.80. The first-order valence-corrected chi connectivity index (χ1v) is 20.1. The summed E-state index contributed by atoms with van der Waals surface area (Å²) in [5.74, 6) is 0. The van der Waals surface area contributed by atoms with Crippen molar-refractivity contribution < 1.29 is 8.83 Å². The van der Waals surface area contributed by atoms with E-state index in [0.717, 1.165) is 88.8 Å². The van der Waals surface area contributed by atoms with E-state index in [1.165, 1.54) is 27.1 Å². The van der Waals surface area contributed by atoms with Crippen LogP contribution in [0.5, 0.6) is 0 Å². The number of furan rings is 2. The number of nitrogens with zero attached hydrogens (tertiary/aromatic N) is 1. The van der Waals surface area contributed by atoms with E-state index in [4.69, 9.17) is 8.83 Å². The summed E-state index contributed by atoms with van der Waals surface area (Å²) in [5, 5.41) is 9.30. The fraction of sp³-hybridized carbons (Fsp3) is 0. The summed E-state index contributed by atoms with van der Waals surface area (Å²) in [5.41, 5.74) is 13.5. The van der Waals surface area contributed by atoms with Gasteiger partial charge in [0, 0.05) is 44.0 Å². The van der Waals surface area contributed by atoms with Crippen molar-refractivity contribution >= 4 is 82.5 Å². The lowest BCUT2D eigenvalue weighted by Crippen LogP contribution is -2.11. The summed E-state index contributed by atoms with van der Waals surface area (Å²) in [6.45, 7) is 0. The minimum Gasteiger partial charge on any atom is -0.456 e. The first-order chi connectivity index (χ1) is 29.2. The van der Waals surface area contributed by atoms with Crippen LogP contribution < -0.4 is 4.90 Å². The van der Waals surface area contributed by atoms with Crippen LogP contribution in [0.4, 0.5) is 17.1 Å². The molecule has 0 saturated heterocycles. The standard InChI is InChI=1S/C56H35NO2/c1-2-12-38-31-42(24-23-36(38)11-1)39-15-9-16-45(32-39)57(44-28-25-37(26-29-44)43-27-30-54-50(34-43)47-18-6-8-22-53(47)58-54)52-21-7-5-17-46(52)48-19-10-20-49-51-33-40-13-3-4-14-41(40)35-55(51)59-56(48)49/h1-35H. The number of fused-ring (bicyclic) bond motifs is 8. The van der Waals surface area contributed by atoms with Crippen molar-refractivity contribution in [2.75, 3.05) is 4.90 Å². The lowest BCUT2D eigenvalue weighted by Gasteiger charge is -2.28. The van der Waals surface area contributed by atoms with Crippen LogP contribution in [0.3, 0.4) is 0 Å². The average molecular weight is 754 g/mol. The molecule has 0 saturated carbocycles. The number of hydrogen-bond acceptors (Lipinski definition) is 3. The predicted molar refractivity (Wildman–Crippen MR) is 247 cm³/mol. The smallest absolute Gasteiger partial charge is 0.143 e. The molecule has 0 radical (unpaired) electrons. The first-order valence-electron chi connectivity index (χ1n) is 20.1. The van der Waals surface area contributed by atoms with Crippen LogP contribution >= 0.6 is 0 Å². The van der Waals surface area contributed by atoms with Crippen molar-refractivity contribution in [1.29, 1.82) is 0 Å². The monoisotopic (exact) mass is 753 g/mol. The Balaban J connectivity index is 1.03. The van der Waals surface area contributed by atoms with E-state index in [2.05, 4.69) is 205 Å². The van der Waals surface area contributed by atoms with Gasteiger partial charge in [-0.2, -0.15) is 0 Å². The Labute approximate surface area is 340 Å². The fourth-order valence-electron chi connectivity index (χ4n) is 8.92. The van der Waals surface area contributed by atoms with E-state index in [9.17, 15) is 0 Å². The van der Waals surface area contributed by atoms with Gasteiger partial charge in [0.1, 0.15) is 22.3 Å². The summed E-state index contributed by atoms with van der Waals surface area (Å²) in [7, 11) is 0. The summed E-state index contributed by atoms with van der Waals surface area (Å²) in [6.07, 6.45) is 0. The molecule has 0 atom stereocenters. The molecule has 0 N–H and O–H groups in total. The molecule has 0 aliphatic heterocycles. The first kappa shape index (κ1) is 33.3. The zero-order valence-electron chi connectivity index (χ0n) is 32.0. The van der Waals surface area contributed by atoms with Gasteiger partial charge in [0.05, 0.1) is 5.69 Å². The molecular formula is C56H35NO2. The van der Waals surface area contributed by atoms with Crippen molar-refractivity contribution in [3.63, 3.8) is 0 Å². The highest BCUT2D eigenvalue weighted by molar-refractivity contribution is 6.14. The zero-order chi connectivity index (χ0) is 38.9. The van der Waals surface area contributed by atoms with Crippen molar-refractivity contribution in [2.24, 2.45) is 0 Å². The maximum absolute atomic E-state index is 6.80. The van der Waals surface area contributed by atoms with Crippen molar-refractivity contribution in [2.45, 2.75) is 0 Å². The van der Waals surface area contributed by atoms with Gasteiger partial charge in [0.25, 0.3) is 0 Å². The Hall–Kier alpha value is -7.88. The number of benzene rings is 10. The second-order valence-corrected chi connectivity index (χ2v) is 15.3. The van der Waals surface area contributed by atoms with Crippen LogP contribution in [0.2, 0.25) is 0 Å². The molecule has 0 spiro atoms. The molecule has 12 aromatic rings. The van der Waals surface area contributed by atoms with Crippen LogP contribution in [0.15, 0.2) is 221 Å². The molecule has 0 amide bonds. The van der Waals surface area contributed by atoms with Gasteiger partial charge in [-0.3, -0.25) is 0 Å². The second kappa shape index (κ2) is 13.4. The minimum absolute atomic E-state index is 0.882. The summed E-state index contributed by atoms with van der Waals surface area (Å²) >= 11 is 0. The highest BCUT2D eigenvalue weighted by atomic mass is 16.3. The van der Waals surface area contributed by atoms with Gasteiger partial charge in [-0.25, -0.2) is 0 Å². The van der Waals surface area contributed by atoms with E-state index < -0.39 is 0 Å². The molecule has 59 heavy (non-hydrogen) atoms. The molecule has 0 unspecified atom stereocenters. The number of rotatable bonds is 6. The van der Waals surface area contributed by atoms with Crippen LogP contribution in [-0.2, 0) is 0 Å². The molecule has 3 heteroatoms. The Bertz CT molecular complexity index is 3570. The van der Waals surface area contributed by atoms with E-state index in [-0.39, 0.29) is 0 Å². The van der Waals surface area contributed by atoms with E-state index in [0.29, 0.717) is 0 Å². The Kier molecular flexibility index (Phi) is 7.54. The Morgan fingerprint density at radius 2 is 0.898 bits per heavy atom. The molecule has 0 bridgehead atoms. The predicted octanol–water partition coefficient (Wildman–Crippen LogP) is 16.3. The fourth-order valence-corrected chi connectivity index (χ4v) is 8.92. The third-order valence-corrected chi connectivity index (χ3v) is 11.8. The van der Waals surface area contributed by atoms with Gasteiger partial charge in [-0.15, -0.1) is 0 Å². The van der Waals surface area contributed by atoms with Crippen LogP contribution in [0.25, 0.3) is 98.8 Å². The third kappa shape index (κ3) is 5.59. The van der Waals surface area contributed by atoms with Gasteiger partial charge in [-0.05, 0) is 111 Å². The lowest BCUT2D eigenvalue weighted by atomic mass is 9.97. The third-order valence-electron chi connectivity index (χ3n) is 11.8.